The van der Waals surface area contributed by atoms with E-state index in [-0.39, 0.29) is 12.1 Å². The van der Waals surface area contributed by atoms with E-state index in [2.05, 4.69) is 37.4 Å². The number of hydrogen-bond acceptors (Lipinski definition) is 3. The van der Waals surface area contributed by atoms with Crippen LogP contribution >= 0.6 is 0 Å². The lowest BCUT2D eigenvalue weighted by Gasteiger charge is -2.18. The van der Waals surface area contributed by atoms with E-state index < -0.39 is 0 Å². The van der Waals surface area contributed by atoms with Gasteiger partial charge in [-0.2, -0.15) is 5.10 Å². The van der Waals surface area contributed by atoms with Gasteiger partial charge in [-0.1, -0.05) is 12.1 Å². The lowest BCUT2D eigenvalue weighted by atomic mass is 10.1. The maximum Gasteiger partial charge on any atom is 0.0682 e. The van der Waals surface area contributed by atoms with E-state index >= 15 is 0 Å². The van der Waals surface area contributed by atoms with Gasteiger partial charge in [0.1, 0.15) is 0 Å². The molecule has 1 heterocycles. The van der Waals surface area contributed by atoms with Crippen molar-refractivity contribution >= 4 is 5.69 Å². The lowest BCUT2D eigenvalue weighted by Crippen LogP contribution is -2.21. The van der Waals surface area contributed by atoms with Crippen molar-refractivity contribution in [1.29, 1.82) is 0 Å². The van der Waals surface area contributed by atoms with Gasteiger partial charge in [0, 0.05) is 24.0 Å². The van der Waals surface area contributed by atoms with Crippen molar-refractivity contribution in [3.63, 3.8) is 0 Å². The summed E-state index contributed by atoms with van der Waals surface area (Å²) >= 11 is 0. The molecule has 0 unspecified atom stereocenters. The Balaban J connectivity index is 2.00. The fourth-order valence-corrected chi connectivity index (χ4v) is 1.80. The van der Waals surface area contributed by atoms with Gasteiger partial charge in [0.2, 0.25) is 0 Å². The van der Waals surface area contributed by atoms with Crippen LogP contribution in [0.15, 0.2) is 36.7 Å². The van der Waals surface area contributed by atoms with E-state index in [1.165, 1.54) is 0 Å². The summed E-state index contributed by atoms with van der Waals surface area (Å²) in [6.45, 7) is 7.17. The number of aliphatic hydroxyl groups excluding tert-OH is 1. The molecule has 0 saturated carbocycles. The van der Waals surface area contributed by atoms with Crippen LogP contribution in [0, 0.1) is 0 Å². The zero-order chi connectivity index (χ0) is 13.9. The van der Waals surface area contributed by atoms with E-state index in [4.69, 9.17) is 5.11 Å². The molecule has 2 N–H and O–H groups in total. The van der Waals surface area contributed by atoms with E-state index in [1.807, 2.05) is 35.1 Å². The largest absolute Gasteiger partial charge is 0.392 e. The quantitative estimate of drug-likeness (QED) is 0.887. The molecule has 102 valence electrons. The number of nitrogens with one attached hydrogen (secondary N) is 1. The Labute approximate surface area is 114 Å². The number of benzene rings is 1. The van der Waals surface area contributed by atoms with Crippen LogP contribution in [0.5, 0.6) is 0 Å². The molecule has 0 radical (unpaired) electrons. The van der Waals surface area contributed by atoms with Crippen molar-refractivity contribution in [1.82, 2.24) is 9.78 Å². The van der Waals surface area contributed by atoms with Crippen LogP contribution in [0.3, 0.4) is 0 Å². The monoisotopic (exact) mass is 259 g/mol. The highest BCUT2D eigenvalue weighted by Crippen LogP contribution is 2.15. The SMILES string of the molecule is CC(C)(C)n1cc(CNc2cccc(CO)c2)cn1. The molecule has 1 aromatic heterocycles. The minimum Gasteiger partial charge on any atom is -0.392 e. The van der Waals surface area contributed by atoms with Gasteiger partial charge >= 0.3 is 0 Å². The average molecular weight is 259 g/mol. The summed E-state index contributed by atoms with van der Waals surface area (Å²) in [5.41, 5.74) is 3.07. The third-order valence-electron chi connectivity index (χ3n) is 2.93. The van der Waals surface area contributed by atoms with Gasteiger partial charge in [-0.25, -0.2) is 0 Å². The van der Waals surface area contributed by atoms with E-state index in [1.54, 1.807) is 0 Å². The summed E-state index contributed by atoms with van der Waals surface area (Å²) in [5.74, 6) is 0. The molecule has 0 aliphatic carbocycles. The van der Waals surface area contributed by atoms with E-state index in [0.29, 0.717) is 0 Å². The molecule has 4 heteroatoms. The van der Waals surface area contributed by atoms with Gasteiger partial charge in [-0.15, -0.1) is 0 Å². The first-order chi connectivity index (χ1) is 8.99. The first kappa shape index (κ1) is 13.6. The molecule has 4 nitrogen and oxygen atoms in total. The van der Waals surface area contributed by atoms with E-state index in [9.17, 15) is 0 Å². The summed E-state index contributed by atoms with van der Waals surface area (Å²) in [7, 11) is 0. The summed E-state index contributed by atoms with van der Waals surface area (Å²) < 4.78 is 1.97. The van der Waals surface area contributed by atoms with Crippen LogP contribution < -0.4 is 5.32 Å². The number of nitrogens with zero attached hydrogens (tertiary/aromatic N) is 2. The Hall–Kier alpha value is -1.81. The molecule has 0 fully saturated rings. The van der Waals surface area contributed by atoms with Crippen molar-refractivity contribution in [2.24, 2.45) is 0 Å². The fraction of sp³-hybridized carbons (Fsp3) is 0.400. The Morgan fingerprint density at radius 2 is 2.05 bits per heavy atom. The number of rotatable bonds is 4. The van der Waals surface area contributed by atoms with Crippen LogP contribution in [0.1, 0.15) is 31.9 Å². The third kappa shape index (κ3) is 3.58. The zero-order valence-electron chi connectivity index (χ0n) is 11.7. The lowest BCUT2D eigenvalue weighted by molar-refractivity contribution is 0.282. The highest BCUT2D eigenvalue weighted by atomic mass is 16.3. The normalized spacial score (nSPS) is 11.6. The van der Waals surface area contributed by atoms with Gasteiger partial charge in [0.05, 0.1) is 18.3 Å². The van der Waals surface area contributed by atoms with Crippen molar-refractivity contribution in [2.45, 2.75) is 39.5 Å². The van der Waals surface area contributed by atoms with Crippen molar-refractivity contribution in [3.8, 4) is 0 Å². The first-order valence-electron chi connectivity index (χ1n) is 6.47. The van der Waals surface area contributed by atoms with Gasteiger partial charge in [-0.3, -0.25) is 4.68 Å². The zero-order valence-corrected chi connectivity index (χ0v) is 11.7. The van der Waals surface area contributed by atoms with Crippen molar-refractivity contribution < 1.29 is 5.11 Å². The molecule has 19 heavy (non-hydrogen) atoms. The topological polar surface area (TPSA) is 50.1 Å². The highest BCUT2D eigenvalue weighted by Gasteiger charge is 2.13. The van der Waals surface area contributed by atoms with Crippen LogP contribution in [-0.4, -0.2) is 14.9 Å². The van der Waals surface area contributed by atoms with Crippen LogP contribution in [0.4, 0.5) is 5.69 Å². The standard InChI is InChI=1S/C15H21N3O/c1-15(2,3)18-10-13(9-17-18)8-16-14-6-4-5-12(7-14)11-19/h4-7,9-10,16,19H,8,11H2,1-3H3. The minimum absolute atomic E-state index is 0.00898. The molecule has 0 amide bonds. The molecule has 0 bridgehead atoms. The van der Waals surface area contributed by atoms with Crippen molar-refractivity contribution in [3.05, 3.63) is 47.8 Å². The van der Waals surface area contributed by atoms with Gasteiger partial charge in [-0.05, 0) is 38.5 Å². The first-order valence-corrected chi connectivity index (χ1v) is 6.47. The molecule has 2 rings (SSSR count). The molecule has 0 atom stereocenters. The third-order valence-corrected chi connectivity index (χ3v) is 2.93. The summed E-state index contributed by atoms with van der Waals surface area (Å²) in [6.07, 6.45) is 3.94. The minimum atomic E-state index is 0.00898. The molecule has 2 aromatic rings. The van der Waals surface area contributed by atoms with Crippen molar-refractivity contribution in [2.75, 3.05) is 5.32 Å². The fourth-order valence-electron chi connectivity index (χ4n) is 1.80. The number of hydrogen-bond donors (Lipinski definition) is 2. The highest BCUT2D eigenvalue weighted by molar-refractivity contribution is 5.45. The van der Waals surface area contributed by atoms with Crippen LogP contribution in [0.25, 0.3) is 0 Å². The Morgan fingerprint density at radius 1 is 1.26 bits per heavy atom. The predicted molar refractivity (Wildman–Crippen MR) is 76.9 cm³/mol. The summed E-state index contributed by atoms with van der Waals surface area (Å²) in [4.78, 5) is 0. The maximum absolute atomic E-state index is 9.10. The molecule has 0 saturated heterocycles. The maximum atomic E-state index is 9.10. The Morgan fingerprint density at radius 3 is 2.68 bits per heavy atom. The average Bonchev–Trinajstić information content (AvgIpc) is 2.85. The van der Waals surface area contributed by atoms with Crippen LogP contribution in [0.2, 0.25) is 0 Å². The summed E-state index contributed by atoms with van der Waals surface area (Å²) in [5, 5.41) is 16.8. The van der Waals surface area contributed by atoms with Crippen LogP contribution in [-0.2, 0) is 18.7 Å². The second-order valence-corrected chi connectivity index (χ2v) is 5.68. The molecule has 0 spiro atoms. The van der Waals surface area contributed by atoms with E-state index in [0.717, 1.165) is 23.4 Å². The smallest absolute Gasteiger partial charge is 0.0682 e. The number of anilines is 1. The van der Waals surface area contributed by atoms with Gasteiger partial charge in [0.15, 0.2) is 0 Å². The molecule has 0 aliphatic heterocycles. The van der Waals surface area contributed by atoms with Gasteiger partial charge in [0.25, 0.3) is 0 Å². The molecule has 0 aliphatic rings. The second-order valence-electron chi connectivity index (χ2n) is 5.68. The number of aromatic nitrogens is 2. The molecular formula is C15H21N3O. The second kappa shape index (κ2) is 5.45. The predicted octanol–water partition coefficient (Wildman–Crippen LogP) is 2.74. The number of aliphatic hydroxyl groups is 1. The molecule has 1 aromatic carbocycles. The Bertz CT molecular complexity index is 540. The molecular weight excluding hydrogens is 238 g/mol. The van der Waals surface area contributed by atoms with Gasteiger partial charge < -0.3 is 10.4 Å². The summed E-state index contributed by atoms with van der Waals surface area (Å²) in [6, 6.07) is 7.79. The Kier molecular flexibility index (Phi) is 3.90.